The second kappa shape index (κ2) is 7.04. The maximum absolute atomic E-state index is 11.1. The topological polar surface area (TPSA) is 52.3 Å². The van der Waals surface area contributed by atoms with Gasteiger partial charge in [0, 0.05) is 12.1 Å². The number of hydrogen-bond acceptors (Lipinski definition) is 3. The standard InChI is InChI=1S/C15H23NO2/c1-11(10-15(17)18-3)4-5-12(2)13-6-8-14(16)9-7-13/h6-9,11-12H,4-5,10,16H2,1-3H3/t11-,12?/m0/s1. The Kier molecular flexibility index (Phi) is 5.69. The third-order valence-electron chi connectivity index (χ3n) is 3.34. The van der Waals surface area contributed by atoms with E-state index in [0.29, 0.717) is 18.3 Å². The molecular weight excluding hydrogens is 226 g/mol. The lowest BCUT2D eigenvalue weighted by Gasteiger charge is -2.15. The van der Waals surface area contributed by atoms with Crippen molar-refractivity contribution < 1.29 is 9.53 Å². The smallest absolute Gasteiger partial charge is 0.305 e. The first-order valence-electron chi connectivity index (χ1n) is 6.45. The Bertz CT molecular complexity index is 373. The molecule has 0 saturated carbocycles. The van der Waals surface area contributed by atoms with Crippen molar-refractivity contribution in [3.63, 3.8) is 0 Å². The van der Waals surface area contributed by atoms with Gasteiger partial charge in [0.15, 0.2) is 0 Å². The summed E-state index contributed by atoms with van der Waals surface area (Å²) >= 11 is 0. The van der Waals surface area contributed by atoms with Gasteiger partial charge in [0.2, 0.25) is 0 Å². The molecule has 0 radical (unpaired) electrons. The number of carbonyl (C=O) groups is 1. The molecule has 1 rings (SSSR count). The molecule has 0 bridgehead atoms. The van der Waals surface area contributed by atoms with Crippen LogP contribution in [0.5, 0.6) is 0 Å². The Balaban J connectivity index is 2.38. The first kappa shape index (κ1) is 14.6. The van der Waals surface area contributed by atoms with E-state index in [-0.39, 0.29) is 5.97 Å². The molecule has 100 valence electrons. The van der Waals surface area contributed by atoms with Gasteiger partial charge in [-0.25, -0.2) is 0 Å². The Morgan fingerprint density at radius 1 is 1.22 bits per heavy atom. The number of nitrogen functional groups attached to an aromatic ring is 1. The molecular formula is C15H23NO2. The zero-order chi connectivity index (χ0) is 13.5. The molecule has 0 fully saturated rings. The Morgan fingerprint density at radius 3 is 2.39 bits per heavy atom. The van der Waals surface area contributed by atoms with E-state index in [1.54, 1.807) is 0 Å². The van der Waals surface area contributed by atoms with Crippen molar-refractivity contribution in [2.45, 2.75) is 39.0 Å². The molecule has 1 aromatic rings. The highest BCUT2D eigenvalue weighted by atomic mass is 16.5. The molecule has 0 saturated heterocycles. The van der Waals surface area contributed by atoms with Gasteiger partial charge in [-0.1, -0.05) is 26.0 Å². The Hall–Kier alpha value is -1.51. The minimum absolute atomic E-state index is 0.123. The quantitative estimate of drug-likeness (QED) is 0.621. The molecule has 18 heavy (non-hydrogen) atoms. The summed E-state index contributed by atoms with van der Waals surface area (Å²) < 4.78 is 4.67. The van der Waals surface area contributed by atoms with Crippen molar-refractivity contribution in [2.24, 2.45) is 5.92 Å². The van der Waals surface area contributed by atoms with Crippen LogP contribution in [0.25, 0.3) is 0 Å². The number of benzene rings is 1. The molecule has 0 aliphatic carbocycles. The molecule has 3 heteroatoms. The number of anilines is 1. The van der Waals surface area contributed by atoms with E-state index < -0.39 is 0 Å². The Morgan fingerprint density at radius 2 is 1.83 bits per heavy atom. The monoisotopic (exact) mass is 249 g/mol. The largest absolute Gasteiger partial charge is 0.469 e. The lowest BCUT2D eigenvalue weighted by Crippen LogP contribution is -2.08. The van der Waals surface area contributed by atoms with E-state index in [1.807, 2.05) is 12.1 Å². The Labute approximate surface area is 109 Å². The fraction of sp³-hybridized carbons (Fsp3) is 0.533. The van der Waals surface area contributed by atoms with Crippen molar-refractivity contribution in [3.05, 3.63) is 29.8 Å². The molecule has 0 heterocycles. The summed E-state index contributed by atoms with van der Waals surface area (Å²) in [5.41, 5.74) is 7.76. The number of esters is 1. The molecule has 2 N–H and O–H groups in total. The van der Waals surface area contributed by atoms with Gasteiger partial charge in [0.25, 0.3) is 0 Å². The maximum Gasteiger partial charge on any atom is 0.305 e. The summed E-state index contributed by atoms with van der Waals surface area (Å²) in [5, 5.41) is 0. The van der Waals surface area contributed by atoms with Crippen LogP contribution in [0, 0.1) is 5.92 Å². The normalized spacial score (nSPS) is 13.9. The highest BCUT2D eigenvalue weighted by molar-refractivity contribution is 5.69. The highest BCUT2D eigenvalue weighted by Crippen LogP contribution is 2.24. The SMILES string of the molecule is COC(=O)C[C@@H](C)CCC(C)c1ccc(N)cc1. The minimum atomic E-state index is -0.123. The van der Waals surface area contributed by atoms with Crippen LogP contribution in [0.1, 0.15) is 44.6 Å². The lowest BCUT2D eigenvalue weighted by molar-refractivity contribution is -0.141. The van der Waals surface area contributed by atoms with Crippen molar-refractivity contribution in [3.8, 4) is 0 Å². The molecule has 0 spiro atoms. The summed E-state index contributed by atoms with van der Waals surface area (Å²) in [6.45, 7) is 4.29. The summed E-state index contributed by atoms with van der Waals surface area (Å²) in [6, 6.07) is 8.02. The van der Waals surface area contributed by atoms with E-state index in [0.717, 1.165) is 18.5 Å². The fourth-order valence-corrected chi connectivity index (χ4v) is 2.00. The molecule has 0 aromatic heterocycles. The van der Waals surface area contributed by atoms with Gasteiger partial charge in [-0.15, -0.1) is 0 Å². The third-order valence-corrected chi connectivity index (χ3v) is 3.34. The van der Waals surface area contributed by atoms with Crippen LogP contribution in [0.15, 0.2) is 24.3 Å². The van der Waals surface area contributed by atoms with Gasteiger partial charge in [0.05, 0.1) is 7.11 Å². The molecule has 3 nitrogen and oxygen atoms in total. The van der Waals surface area contributed by atoms with Crippen molar-refractivity contribution in [1.82, 2.24) is 0 Å². The van der Waals surface area contributed by atoms with Crippen LogP contribution in [0.4, 0.5) is 5.69 Å². The highest BCUT2D eigenvalue weighted by Gasteiger charge is 2.12. The summed E-state index contributed by atoms with van der Waals surface area (Å²) in [4.78, 5) is 11.1. The van der Waals surface area contributed by atoms with Gasteiger partial charge in [-0.2, -0.15) is 0 Å². The van der Waals surface area contributed by atoms with E-state index in [2.05, 4.69) is 30.7 Å². The van der Waals surface area contributed by atoms with E-state index in [9.17, 15) is 4.79 Å². The van der Waals surface area contributed by atoms with Crippen LogP contribution in [0.3, 0.4) is 0 Å². The molecule has 0 aliphatic heterocycles. The lowest BCUT2D eigenvalue weighted by atomic mass is 9.91. The van der Waals surface area contributed by atoms with E-state index in [4.69, 9.17) is 5.73 Å². The third kappa shape index (κ3) is 4.78. The van der Waals surface area contributed by atoms with Gasteiger partial charge in [-0.3, -0.25) is 4.79 Å². The van der Waals surface area contributed by atoms with E-state index in [1.165, 1.54) is 12.7 Å². The molecule has 2 atom stereocenters. The van der Waals surface area contributed by atoms with Gasteiger partial charge in [0.1, 0.15) is 0 Å². The van der Waals surface area contributed by atoms with Crippen LogP contribution in [0.2, 0.25) is 0 Å². The second-order valence-corrected chi connectivity index (χ2v) is 5.03. The number of methoxy groups -OCH3 is 1. The van der Waals surface area contributed by atoms with Crippen LogP contribution >= 0.6 is 0 Å². The average Bonchev–Trinajstić information content (AvgIpc) is 2.36. The van der Waals surface area contributed by atoms with Crippen molar-refractivity contribution >= 4 is 11.7 Å². The first-order valence-corrected chi connectivity index (χ1v) is 6.45. The van der Waals surface area contributed by atoms with Crippen molar-refractivity contribution in [2.75, 3.05) is 12.8 Å². The summed E-state index contributed by atoms with van der Waals surface area (Å²) in [5.74, 6) is 0.738. The predicted octanol–water partition coefficient (Wildman–Crippen LogP) is 3.35. The summed E-state index contributed by atoms with van der Waals surface area (Å²) in [7, 11) is 1.44. The predicted molar refractivity (Wildman–Crippen MR) is 74.3 cm³/mol. The van der Waals surface area contributed by atoms with Gasteiger partial charge in [-0.05, 0) is 42.4 Å². The average molecular weight is 249 g/mol. The molecule has 1 unspecified atom stereocenters. The maximum atomic E-state index is 11.1. The number of ether oxygens (including phenoxy) is 1. The van der Waals surface area contributed by atoms with Gasteiger partial charge >= 0.3 is 5.97 Å². The minimum Gasteiger partial charge on any atom is -0.469 e. The fourth-order valence-electron chi connectivity index (χ4n) is 2.00. The number of carbonyl (C=O) groups excluding carboxylic acids is 1. The van der Waals surface area contributed by atoms with Crippen LogP contribution in [-0.4, -0.2) is 13.1 Å². The van der Waals surface area contributed by atoms with Crippen LogP contribution < -0.4 is 5.73 Å². The molecule has 0 aliphatic rings. The molecule has 0 amide bonds. The zero-order valence-corrected chi connectivity index (χ0v) is 11.5. The second-order valence-electron chi connectivity index (χ2n) is 5.03. The van der Waals surface area contributed by atoms with E-state index >= 15 is 0 Å². The molecule has 1 aromatic carbocycles. The zero-order valence-electron chi connectivity index (χ0n) is 11.5. The number of rotatable bonds is 6. The number of nitrogens with two attached hydrogens (primary N) is 1. The first-order chi connectivity index (χ1) is 8.52. The van der Waals surface area contributed by atoms with Gasteiger partial charge < -0.3 is 10.5 Å². The van der Waals surface area contributed by atoms with Crippen molar-refractivity contribution in [1.29, 1.82) is 0 Å². The van der Waals surface area contributed by atoms with Crippen LogP contribution in [-0.2, 0) is 9.53 Å². The number of hydrogen-bond donors (Lipinski definition) is 1. The summed E-state index contributed by atoms with van der Waals surface area (Å²) in [6.07, 6.45) is 2.60.